The van der Waals surface area contributed by atoms with E-state index in [0.717, 1.165) is 31.4 Å². The van der Waals surface area contributed by atoms with Gasteiger partial charge in [0.25, 0.3) is 0 Å². The van der Waals surface area contributed by atoms with E-state index in [1.807, 2.05) is 24.3 Å². The summed E-state index contributed by atoms with van der Waals surface area (Å²) in [5.41, 5.74) is 0.842. The lowest BCUT2D eigenvalue weighted by molar-refractivity contribution is -0.124. The molecule has 1 aliphatic rings. The molecule has 0 aliphatic heterocycles. The van der Waals surface area contributed by atoms with E-state index < -0.39 is 0 Å². The predicted molar refractivity (Wildman–Crippen MR) is 95.1 cm³/mol. The van der Waals surface area contributed by atoms with Gasteiger partial charge in [0.05, 0.1) is 12.4 Å². The highest BCUT2D eigenvalue weighted by atomic mass is 16.5. The van der Waals surface area contributed by atoms with Crippen LogP contribution in [0.3, 0.4) is 0 Å². The van der Waals surface area contributed by atoms with Crippen LogP contribution in [0, 0.1) is 11.3 Å². The third-order valence-electron chi connectivity index (χ3n) is 4.42. The Bertz CT molecular complexity index is 556. The molecule has 0 spiro atoms. The number of ketones is 1. The zero-order chi connectivity index (χ0) is 16.7. The van der Waals surface area contributed by atoms with Crippen molar-refractivity contribution in [2.75, 3.05) is 6.61 Å². The average molecular weight is 312 g/mol. The third kappa shape index (κ3) is 4.82. The molecule has 0 saturated carbocycles. The van der Waals surface area contributed by atoms with Gasteiger partial charge in [0.15, 0.2) is 5.78 Å². The molecule has 1 aromatic rings. The number of rotatable bonds is 7. The molecule has 1 atom stereocenters. The first-order valence-electron chi connectivity index (χ1n) is 8.58. The second-order valence-electron chi connectivity index (χ2n) is 6.97. The van der Waals surface area contributed by atoms with Crippen molar-refractivity contribution >= 4 is 5.78 Å². The first kappa shape index (κ1) is 17.5. The molecule has 1 aliphatic carbocycles. The summed E-state index contributed by atoms with van der Waals surface area (Å²) in [5.74, 6) is 1.51. The first-order chi connectivity index (χ1) is 11.1. The smallest absolute Gasteiger partial charge is 0.165 e. The summed E-state index contributed by atoms with van der Waals surface area (Å²) in [6.07, 6.45) is 7.85. The van der Waals surface area contributed by atoms with Crippen molar-refractivity contribution in [2.24, 2.45) is 11.3 Å². The largest absolute Gasteiger partial charge is 0.498 e. The van der Waals surface area contributed by atoms with E-state index in [9.17, 15) is 4.79 Å². The molecule has 2 nitrogen and oxygen atoms in total. The van der Waals surface area contributed by atoms with Crippen molar-refractivity contribution in [3.8, 4) is 0 Å². The summed E-state index contributed by atoms with van der Waals surface area (Å²) in [7, 11) is 0. The Balaban J connectivity index is 2.21. The van der Waals surface area contributed by atoms with Gasteiger partial charge in [-0.1, -0.05) is 50.3 Å². The zero-order valence-electron chi connectivity index (χ0n) is 14.4. The lowest BCUT2D eigenvalue weighted by Gasteiger charge is -2.29. The van der Waals surface area contributed by atoms with Crippen LogP contribution in [0.25, 0.3) is 0 Å². The molecule has 2 rings (SSSR count). The van der Waals surface area contributed by atoms with Gasteiger partial charge in [-0.2, -0.15) is 0 Å². The number of hydrogen-bond donors (Lipinski definition) is 0. The zero-order valence-corrected chi connectivity index (χ0v) is 14.4. The first-order valence-corrected chi connectivity index (χ1v) is 8.58. The van der Waals surface area contributed by atoms with E-state index in [4.69, 9.17) is 4.74 Å². The predicted octanol–water partition coefficient (Wildman–Crippen LogP) is 5.10. The monoisotopic (exact) mass is 312 g/mol. The number of hydrogen-bond acceptors (Lipinski definition) is 2. The summed E-state index contributed by atoms with van der Waals surface area (Å²) < 4.78 is 5.83. The number of benzene rings is 1. The van der Waals surface area contributed by atoms with E-state index in [1.54, 1.807) is 6.08 Å². The minimum absolute atomic E-state index is 0.192. The van der Waals surface area contributed by atoms with E-state index in [-0.39, 0.29) is 11.2 Å². The van der Waals surface area contributed by atoms with Crippen LogP contribution in [0.15, 0.2) is 54.8 Å². The maximum atomic E-state index is 13.0. The van der Waals surface area contributed by atoms with E-state index in [2.05, 4.69) is 32.6 Å². The van der Waals surface area contributed by atoms with Gasteiger partial charge in [0, 0.05) is 17.9 Å². The van der Waals surface area contributed by atoms with Crippen molar-refractivity contribution < 1.29 is 9.53 Å². The van der Waals surface area contributed by atoms with Crippen LogP contribution in [-0.4, -0.2) is 12.4 Å². The van der Waals surface area contributed by atoms with E-state index >= 15 is 0 Å². The molecule has 0 saturated heterocycles. The maximum Gasteiger partial charge on any atom is 0.165 e. The van der Waals surface area contributed by atoms with Crippen molar-refractivity contribution in [1.82, 2.24) is 0 Å². The van der Waals surface area contributed by atoms with Crippen LogP contribution < -0.4 is 0 Å². The van der Waals surface area contributed by atoms with Gasteiger partial charge in [0.1, 0.15) is 0 Å². The lowest BCUT2D eigenvalue weighted by Crippen LogP contribution is -2.31. The Morgan fingerprint density at radius 2 is 2.04 bits per heavy atom. The molecule has 0 unspecified atom stereocenters. The van der Waals surface area contributed by atoms with Crippen molar-refractivity contribution in [3.63, 3.8) is 0 Å². The molecule has 2 heteroatoms. The summed E-state index contributed by atoms with van der Waals surface area (Å²) in [6, 6.07) is 10.3. The molecule has 0 N–H and O–H groups in total. The highest BCUT2D eigenvalue weighted by Crippen LogP contribution is 2.38. The van der Waals surface area contributed by atoms with Crippen molar-refractivity contribution in [1.29, 1.82) is 0 Å². The molecule has 124 valence electrons. The fraction of sp³-hybridized carbons (Fsp3) is 0.476. The van der Waals surface area contributed by atoms with Gasteiger partial charge in [-0.3, -0.25) is 4.79 Å². The topological polar surface area (TPSA) is 26.3 Å². The van der Waals surface area contributed by atoms with Crippen LogP contribution in [0.5, 0.6) is 0 Å². The molecule has 0 fully saturated rings. The van der Waals surface area contributed by atoms with E-state index in [1.165, 1.54) is 5.56 Å². The second kappa shape index (κ2) is 8.14. The summed E-state index contributed by atoms with van der Waals surface area (Å²) in [4.78, 5) is 13.0. The Kier molecular flexibility index (Phi) is 6.20. The van der Waals surface area contributed by atoms with Crippen LogP contribution >= 0.6 is 0 Å². The van der Waals surface area contributed by atoms with Gasteiger partial charge in [-0.15, -0.1) is 6.58 Å². The summed E-state index contributed by atoms with van der Waals surface area (Å²) >= 11 is 0. The highest BCUT2D eigenvalue weighted by molar-refractivity contribution is 5.95. The van der Waals surface area contributed by atoms with Gasteiger partial charge in [-0.25, -0.2) is 0 Å². The SMILES string of the molecule is C=CC[C@]1(Cc2ccccc2)CCCC(OCC(C)C)=CC1=O. The molecule has 1 aromatic carbocycles. The Morgan fingerprint density at radius 3 is 2.70 bits per heavy atom. The Morgan fingerprint density at radius 1 is 1.30 bits per heavy atom. The molecule has 0 bridgehead atoms. The Hall–Kier alpha value is -1.83. The number of carbonyl (C=O) groups is 1. The molecule has 23 heavy (non-hydrogen) atoms. The van der Waals surface area contributed by atoms with Crippen LogP contribution in [0.2, 0.25) is 0 Å². The fourth-order valence-corrected chi connectivity index (χ4v) is 3.20. The van der Waals surface area contributed by atoms with Crippen molar-refractivity contribution in [2.45, 2.75) is 46.0 Å². The van der Waals surface area contributed by atoms with Crippen LogP contribution in [0.1, 0.15) is 45.1 Å². The van der Waals surface area contributed by atoms with Gasteiger partial charge in [0.2, 0.25) is 0 Å². The number of ether oxygens (including phenoxy) is 1. The molecular formula is C21H28O2. The maximum absolute atomic E-state index is 13.0. The average Bonchev–Trinajstić information content (AvgIpc) is 2.67. The third-order valence-corrected chi connectivity index (χ3v) is 4.42. The molecule has 0 radical (unpaired) electrons. The second-order valence-corrected chi connectivity index (χ2v) is 6.97. The number of carbonyl (C=O) groups excluding carboxylic acids is 1. The van der Waals surface area contributed by atoms with Gasteiger partial charge >= 0.3 is 0 Å². The minimum Gasteiger partial charge on any atom is -0.498 e. The van der Waals surface area contributed by atoms with E-state index in [0.29, 0.717) is 18.9 Å². The lowest BCUT2D eigenvalue weighted by atomic mass is 9.72. The molecule has 0 heterocycles. The van der Waals surface area contributed by atoms with Gasteiger partial charge in [-0.05, 0) is 37.2 Å². The molecule has 0 amide bonds. The normalized spacial score (nSPS) is 21.7. The van der Waals surface area contributed by atoms with Crippen LogP contribution in [-0.2, 0) is 16.0 Å². The van der Waals surface area contributed by atoms with Gasteiger partial charge < -0.3 is 4.74 Å². The molecule has 0 aromatic heterocycles. The summed E-state index contributed by atoms with van der Waals surface area (Å²) in [5, 5.41) is 0. The minimum atomic E-state index is -0.369. The van der Waals surface area contributed by atoms with Crippen LogP contribution in [0.4, 0.5) is 0 Å². The summed E-state index contributed by atoms with van der Waals surface area (Å²) in [6.45, 7) is 8.80. The quantitative estimate of drug-likeness (QED) is 0.655. The molecular weight excluding hydrogens is 284 g/mol. The highest BCUT2D eigenvalue weighted by Gasteiger charge is 2.37. The standard InChI is InChI=1S/C21H28O2/c1-4-12-21(15-18-9-6-5-7-10-18)13-8-11-19(14-20(21)22)23-16-17(2)3/h4-7,9-10,14,17H,1,8,11-13,15-16H2,2-3H3/t21-/m1/s1. The Labute approximate surface area is 140 Å². The number of allylic oxidation sites excluding steroid dienone is 3. The fourth-order valence-electron chi connectivity index (χ4n) is 3.20. The van der Waals surface area contributed by atoms with Crippen molar-refractivity contribution in [3.05, 3.63) is 60.4 Å².